The average molecular weight is 240 g/mol. The summed E-state index contributed by atoms with van der Waals surface area (Å²) in [6.07, 6.45) is 0.463. The highest BCUT2D eigenvalue weighted by Gasteiger charge is 2.21. The van der Waals surface area contributed by atoms with Crippen LogP contribution in [0.25, 0.3) is 0 Å². The number of nitrogens with two attached hydrogens (primary N) is 1. The number of anilines is 1. The number of nitro groups is 2. The summed E-state index contributed by atoms with van der Waals surface area (Å²) >= 11 is 0. The molecule has 0 aliphatic carbocycles. The van der Waals surface area contributed by atoms with E-state index >= 15 is 0 Å². The molecule has 0 fully saturated rings. The van der Waals surface area contributed by atoms with Crippen molar-refractivity contribution in [3.63, 3.8) is 0 Å². The molecule has 17 heavy (non-hydrogen) atoms. The van der Waals surface area contributed by atoms with E-state index < -0.39 is 21.2 Å². The van der Waals surface area contributed by atoms with Crippen LogP contribution < -0.4 is 10.9 Å². The summed E-state index contributed by atoms with van der Waals surface area (Å²) in [6, 6.07) is 2.99. The molecule has 2 N–H and O–H groups in total. The molecule has 0 aromatic heterocycles. The van der Waals surface area contributed by atoms with Crippen molar-refractivity contribution in [1.82, 2.24) is 0 Å². The zero-order chi connectivity index (χ0) is 13.0. The normalized spacial score (nSPS) is 9.71. The second kappa shape index (κ2) is 4.99. The second-order valence-electron chi connectivity index (χ2n) is 3.01. The van der Waals surface area contributed by atoms with Gasteiger partial charge in [-0.1, -0.05) is 0 Å². The van der Waals surface area contributed by atoms with Gasteiger partial charge in [-0.3, -0.25) is 25.2 Å². The maximum Gasteiger partial charge on any atom is 0.300 e. The third-order valence-corrected chi connectivity index (χ3v) is 1.95. The number of hydrogen-bond acceptors (Lipinski definition) is 7. The average Bonchev–Trinajstić information content (AvgIpc) is 2.28. The summed E-state index contributed by atoms with van der Waals surface area (Å²) in [4.78, 5) is 29.9. The SMILES string of the molecule is NN(CC=O)c1ccc([N+](=O)[O-])cc1[N+](=O)[O-]. The van der Waals surface area contributed by atoms with Crippen molar-refractivity contribution in [2.24, 2.45) is 5.84 Å². The Hall–Kier alpha value is -2.55. The first kappa shape index (κ1) is 12.5. The van der Waals surface area contributed by atoms with Gasteiger partial charge < -0.3 is 4.79 Å². The number of hydrazine groups is 1. The lowest BCUT2D eigenvalue weighted by molar-refractivity contribution is -0.393. The van der Waals surface area contributed by atoms with E-state index in [0.29, 0.717) is 6.29 Å². The quantitative estimate of drug-likeness (QED) is 0.340. The van der Waals surface area contributed by atoms with Crippen LogP contribution in [0.5, 0.6) is 0 Å². The lowest BCUT2D eigenvalue weighted by Gasteiger charge is -2.14. The molecule has 9 nitrogen and oxygen atoms in total. The summed E-state index contributed by atoms with van der Waals surface area (Å²) < 4.78 is 0. The van der Waals surface area contributed by atoms with Gasteiger partial charge in [0.2, 0.25) is 0 Å². The summed E-state index contributed by atoms with van der Waals surface area (Å²) in [6.45, 7) is -0.251. The van der Waals surface area contributed by atoms with Gasteiger partial charge in [0.1, 0.15) is 12.0 Å². The Kier molecular flexibility index (Phi) is 3.67. The van der Waals surface area contributed by atoms with Crippen molar-refractivity contribution in [3.8, 4) is 0 Å². The van der Waals surface area contributed by atoms with E-state index in [1.165, 1.54) is 0 Å². The smallest absolute Gasteiger partial charge is 0.300 e. The monoisotopic (exact) mass is 240 g/mol. The minimum Gasteiger partial charge on any atom is -0.301 e. The van der Waals surface area contributed by atoms with Crippen LogP contribution in [0.2, 0.25) is 0 Å². The molecule has 90 valence electrons. The van der Waals surface area contributed by atoms with Gasteiger partial charge in [0, 0.05) is 6.07 Å². The van der Waals surface area contributed by atoms with Crippen LogP contribution in [0, 0.1) is 20.2 Å². The molecule has 1 rings (SSSR count). The number of nitro benzene ring substituents is 2. The number of carbonyl (C=O) groups excluding carboxylic acids is 1. The Morgan fingerprint density at radius 2 is 1.94 bits per heavy atom. The van der Waals surface area contributed by atoms with Crippen molar-refractivity contribution < 1.29 is 14.6 Å². The van der Waals surface area contributed by atoms with Gasteiger partial charge in [-0.15, -0.1) is 0 Å². The Bertz CT molecular complexity index is 475. The van der Waals surface area contributed by atoms with E-state index in [9.17, 15) is 25.0 Å². The lowest BCUT2D eigenvalue weighted by atomic mass is 10.2. The number of rotatable bonds is 5. The van der Waals surface area contributed by atoms with Crippen LogP contribution in [0.4, 0.5) is 17.1 Å². The van der Waals surface area contributed by atoms with Crippen LogP contribution >= 0.6 is 0 Å². The Balaban J connectivity index is 3.26. The number of nitrogens with zero attached hydrogens (tertiary/aromatic N) is 3. The van der Waals surface area contributed by atoms with Crippen LogP contribution in [0.3, 0.4) is 0 Å². The molecule has 0 bridgehead atoms. The molecule has 0 unspecified atom stereocenters. The van der Waals surface area contributed by atoms with Gasteiger partial charge in [0.25, 0.3) is 5.69 Å². The molecule has 0 amide bonds. The number of aldehydes is 1. The topological polar surface area (TPSA) is 133 Å². The van der Waals surface area contributed by atoms with Gasteiger partial charge >= 0.3 is 5.69 Å². The highest BCUT2D eigenvalue weighted by molar-refractivity contribution is 5.69. The zero-order valence-electron chi connectivity index (χ0n) is 8.48. The van der Waals surface area contributed by atoms with Gasteiger partial charge in [-0.05, 0) is 6.07 Å². The van der Waals surface area contributed by atoms with Crippen molar-refractivity contribution in [3.05, 3.63) is 38.4 Å². The predicted octanol–water partition coefficient (Wildman–Crippen LogP) is 0.382. The Labute approximate surface area is 94.7 Å². The van der Waals surface area contributed by atoms with E-state index in [1.807, 2.05) is 0 Å². The molecule has 0 aliphatic rings. The van der Waals surface area contributed by atoms with Crippen LogP contribution in [0.1, 0.15) is 0 Å². The van der Waals surface area contributed by atoms with Crippen LogP contribution in [-0.2, 0) is 4.79 Å². The minimum atomic E-state index is -0.799. The zero-order valence-corrected chi connectivity index (χ0v) is 8.48. The fraction of sp³-hybridized carbons (Fsp3) is 0.125. The number of benzene rings is 1. The molecule has 0 saturated carbocycles. The molecule has 9 heteroatoms. The highest BCUT2D eigenvalue weighted by atomic mass is 16.6. The molecule has 0 radical (unpaired) electrons. The largest absolute Gasteiger partial charge is 0.301 e. The van der Waals surface area contributed by atoms with E-state index in [4.69, 9.17) is 5.84 Å². The first-order valence-electron chi connectivity index (χ1n) is 4.36. The lowest BCUT2D eigenvalue weighted by Crippen LogP contribution is -2.33. The molecule has 0 spiro atoms. The third kappa shape index (κ3) is 2.72. The second-order valence-corrected chi connectivity index (χ2v) is 3.01. The van der Waals surface area contributed by atoms with Gasteiger partial charge in [0.15, 0.2) is 0 Å². The number of hydrogen-bond donors (Lipinski definition) is 1. The molecule has 0 saturated heterocycles. The van der Waals surface area contributed by atoms with Crippen molar-refractivity contribution >= 4 is 23.3 Å². The molecule has 0 heterocycles. The van der Waals surface area contributed by atoms with Crippen molar-refractivity contribution in [2.45, 2.75) is 0 Å². The Morgan fingerprint density at radius 1 is 1.29 bits per heavy atom. The highest BCUT2D eigenvalue weighted by Crippen LogP contribution is 2.30. The number of carbonyl (C=O) groups is 1. The fourth-order valence-electron chi connectivity index (χ4n) is 1.19. The molecule has 1 aromatic rings. The molecular weight excluding hydrogens is 232 g/mol. The fourth-order valence-corrected chi connectivity index (χ4v) is 1.19. The summed E-state index contributed by atoms with van der Waals surface area (Å²) in [7, 11) is 0. The van der Waals surface area contributed by atoms with Gasteiger partial charge in [-0.25, -0.2) is 5.84 Å². The third-order valence-electron chi connectivity index (χ3n) is 1.95. The maximum absolute atomic E-state index is 10.7. The minimum absolute atomic E-state index is 0.0623. The van der Waals surface area contributed by atoms with Gasteiger partial charge in [0.05, 0.1) is 22.5 Å². The molecule has 0 aliphatic heterocycles. The standard InChI is InChI=1S/C8H8N4O5/c9-10(3-4-13)7-2-1-6(11(14)15)5-8(7)12(16)17/h1-2,4-5H,3,9H2. The predicted molar refractivity (Wildman–Crippen MR) is 57.3 cm³/mol. The molecule has 0 atom stereocenters. The molecular formula is C8H8N4O5. The van der Waals surface area contributed by atoms with Gasteiger partial charge in [-0.2, -0.15) is 0 Å². The number of non-ortho nitro benzene ring substituents is 1. The van der Waals surface area contributed by atoms with Crippen LogP contribution in [-0.4, -0.2) is 22.7 Å². The summed E-state index contributed by atoms with van der Waals surface area (Å²) in [5.41, 5.74) is -1.00. The van der Waals surface area contributed by atoms with E-state index in [-0.39, 0.29) is 12.2 Å². The van der Waals surface area contributed by atoms with Crippen LogP contribution in [0.15, 0.2) is 18.2 Å². The maximum atomic E-state index is 10.7. The van der Waals surface area contributed by atoms with E-state index in [1.54, 1.807) is 0 Å². The van der Waals surface area contributed by atoms with E-state index in [2.05, 4.69) is 0 Å². The molecule has 1 aromatic carbocycles. The first-order valence-corrected chi connectivity index (χ1v) is 4.36. The summed E-state index contributed by atoms with van der Waals surface area (Å²) in [5, 5.41) is 22.0. The summed E-state index contributed by atoms with van der Waals surface area (Å²) in [5.74, 6) is 5.40. The van der Waals surface area contributed by atoms with E-state index in [0.717, 1.165) is 23.2 Å². The van der Waals surface area contributed by atoms with Crippen molar-refractivity contribution in [1.29, 1.82) is 0 Å². The first-order chi connectivity index (χ1) is 7.97. The Morgan fingerprint density at radius 3 is 2.41 bits per heavy atom. The van der Waals surface area contributed by atoms with Crippen molar-refractivity contribution in [2.75, 3.05) is 11.6 Å².